The molecule has 7 nitrogen and oxygen atoms in total. The molecule has 0 spiro atoms. The zero-order valence-electron chi connectivity index (χ0n) is 17.2. The van der Waals surface area contributed by atoms with Crippen molar-refractivity contribution in [3.8, 4) is 11.5 Å². The highest BCUT2D eigenvalue weighted by molar-refractivity contribution is 6.51. The van der Waals surface area contributed by atoms with Gasteiger partial charge in [-0.2, -0.15) is 22.9 Å². The SMILES string of the molecule is CCN(CC)c1ccc(N=C2C(C(F)(F)F)=Nn3c2nnc3-c2ccccn2)c(C)c1. The number of rotatable bonds is 5. The number of pyridine rings is 1. The van der Waals surface area contributed by atoms with Crippen LogP contribution >= 0.6 is 0 Å². The molecule has 3 heterocycles. The Balaban J connectivity index is 1.81. The van der Waals surface area contributed by atoms with Crippen LogP contribution in [-0.4, -0.2) is 50.5 Å². The quantitative estimate of drug-likeness (QED) is 0.605. The maximum absolute atomic E-state index is 13.8. The topological polar surface area (TPSA) is 71.6 Å². The summed E-state index contributed by atoms with van der Waals surface area (Å²) in [5.74, 6) is 0.0522. The molecule has 1 aliphatic heterocycles. The van der Waals surface area contributed by atoms with Gasteiger partial charge in [0.25, 0.3) is 0 Å². The Morgan fingerprint density at radius 2 is 1.77 bits per heavy atom. The molecule has 3 aromatic rings. The number of hydrogen-bond acceptors (Lipinski definition) is 6. The second-order valence-electron chi connectivity index (χ2n) is 6.92. The summed E-state index contributed by atoms with van der Waals surface area (Å²) in [6.45, 7) is 7.56. The molecule has 0 saturated heterocycles. The lowest BCUT2D eigenvalue weighted by Crippen LogP contribution is -2.29. The number of aliphatic imine (C=N–C) groups is 1. The maximum Gasteiger partial charge on any atom is 0.437 e. The molecule has 0 amide bonds. The predicted octanol–water partition coefficient (Wildman–Crippen LogP) is 4.40. The third kappa shape index (κ3) is 3.80. The van der Waals surface area contributed by atoms with Gasteiger partial charge < -0.3 is 4.90 Å². The van der Waals surface area contributed by atoms with Crippen molar-refractivity contribution in [1.29, 1.82) is 0 Å². The fourth-order valence-electron chi connectivity index (χ4n) is 3.40. The van der Waals surface area contributed by atoms with Gasteiger partial charge in [-0.05, 0) is 56.7 Å². The Hall–Kier alpha value is -3.56. The Kier molecular flexibility index (Phi) is 5.30. The molecule has 0 aliphatic carbocycles. The molecule has 1 aromatic carbocycles. The number of hydrogen-bond donors (Lipinski definition) is 0. The van der Waals surface area contributed by atoms with Gasteiger partial charge in [-0.3, -0.25) is 4.98 Å². The van der Waals surface area contributed by atoms with Crippen LogP contribution in [0.25, 0.3) is 11.5 Å². The Morgan fingerprint density at radius 1 is 1.03 bits per heavy atom. The van der Waals surface area contributed by atoms with Gasteiger partial charge in [0, 0.05) is 25.0 Å². The van der Waals surface area contributed by atoms with E-state index in [2.05, 4.69) is 30.2 Å². The molecule has 0 fully saturated rings. The lowest BCUT2D eigenvalue weighted by atomic mass is 10.1. The van der Waals surface area contributed by atoms with Crippen molar-refractivity contribution in [3.63, 3.8) is 0 Å². The smallest absolute Gasteiger partial charge is 0.372 e. The van der Waals surface area contributed by atoms with Crippen LogP contribution in [-0.2, 0) is 0 Å². The van der Waals surface area contributed by atoms with Gasteiger partial charge >= 0.3 is 6.18 Å². The van der Waals surface area contributed by atoms with Gasteiger partial charge in [-0.1, -0.05) is 6.07 Å². The summed E-state index contributed by atoms with van der Waals surface area (Å²) < 4.78 is 42.3. The van der Waals surface area contributed by atoms with E-state index in [1.807, 2.05) is 32.9 Å². The molecule has 1 aliphatic rings. The van der Waals surface area contributed by atoms with Crippen molar-refractivity contribution in [2.45, 2.75) is 26.9 Å². The zero-order valence-corrected chi connectivity index (χ0v) is 17.2. The van der Waals surface area contributed by atoms with Crippen molar-refractivity contribution in [2.24, 2.45) is 10.1 Å². The second kappa shape index (κ2) is 7.93. The average molecular weight is 427 g/mol. The van der Waals surface area contributed by atoms with Crippen LogP contribution in [0.15, 0.2) is 52.7 Å². The summed E-state index contributed by atoms with van der Waals surface area (Å²) in [5.41, 5.74) is 1.05. The van der Waals surface area contributed by atoms with Gasteiger partial charge in [0.1, 0.15) is 11.4 Å². The first-order valence-electron chi connectivity index (χ1n) is 9.81. The summed E-state index contributed by atoms with van der Waals surface area (Å²) >= 11 is 0. The standard InChI is InChI=1S/C21H20F3N7/c1-4-30(5-2)14-9-10-15(13(3)12-14)26-17-18(21(22,23)24)29-31-19(27-28-20(17)31)16-8-6-7-11-25-16/h6-12H,4-5H2,1-3H3. The molecule has 160 valence electrons. The van der Waals surface area contributed by atoms with E-state index in [4.69, 9.17) is 0 Å². The molecule has 0 bridgehead atoms. The summed E-state index contributed by atoms with van der Waals surface area (Å²) in [7, 11) is 0. The summed E-state index contributed by atoms with van der Waals surface area (Å²) in [5, 5.41) is 11.7. The number of anilines is 1. The van der Waals surface area contributed by atoms with E-state index in [-0.39, 0.29) is 17.4 Å². The fourth-order valence-corrected chi connectivity index (χ4v) is 3.40. The van der Waals surface area contributed by atoms with Crippen molar-refractivity contribution >= 4 is 22.8 Å². The van der Waals surface area contributed by atoms with E-state index in [1.54, 1.807) is 24.3 Å². The molecule has 0 atom stereocenters. The number of nitrogens with zero attached hydrogens (tertiary/aromatic N) is 7. The summed E-state index contributed by atoms with van der Waals surface area (Å²) in [4.78, 5) is 10.6. The molecule has 2 aromatic heterocycles. The largest absolute Gasteiger partial charge is 0.437 e. The van der Waals surface area contributed by atoms with Gasteiger partial charge in [0.05, 0.1) is 5.69 Å². The third-order valence-electron chi connectivity index (χ3n) is 4.98. The molecule has 10 heteroatoms. The van der Waals surface area contributed by atoms with E-state index in [0.717, 1.165) is 29.0 Å². The minimum atomic E-state index is -4.70. The van der Waals surface area contributed by atoms with E-state index in [9.17, 15) is 13.2 Å². The van der Waals surface area contributed by atoms with E-state index < -0.39 is 11.9 Å². The van der Waals surface area contributed by atoms with Crippen molar-refractivity contribution in [3.05, 3.63) is 54.0 Å². The van der Waals surface area contributed by atoms with Crippen molar-refractivity contribution in [1.82, 2.24) is 19.9 Å². The number of aryl methyl sites for hydroxylation is 1. The lowest BCUT2D eigenvalue weighted by molar-refractivity contribution is -0.0567. The van der Waals surface area contributed by atoms with Crippen LogP contribution in [0.5, 0.6) is 0 Å². The monoisotopic (exact) mass is 427 g/mol. The fraction of sp³-hybridized carbons (Fsp3) is 0.286. The van der Waals surface area contributed by atoms with Crippen LogP contribution < -0.4 is 4.90 Å². The minimum absolute atomic E-state index is 0.0693. The van der Waals surface area contributed by atoms with Crippen molar-refractivity contribution < 1.29 is 13.2 Å². The van der Waals surface area contributed by atoms with Gasteiger partial charge in [-0.25, -0.2) is 4.99 Å². The van der Waals surface area contributed by atoms with Crippen LogP contribution in [0, 0.1) is 6.92 Å². The lowest BCUT2D eigenvalue weighted by Gasteiger charge is -2.21. The van der Waals surface area contributed by atoms with Crippen LogP contribution in [0.1, 0.15) is 25.2 Å². The van der Waals surface area contributed by atoms with Gasteiger partial charge in [-0.15, -0.1) is 10.2 Å². The molecule has 0 unspecified atom stereocenters. The molecular weight excluding hydrogens is 407 g/mol. The van der Waals surface area contributed by atoms with Gasteiger partial charge in [0.15, 0.2) is 5.71 Å². The van der Waals surface area contributed by atoms with E-state index >= 15 is 0 Å². The molecule has 31 heavy (non-hydrogen) atoms. The normalized spacial score (nSPS) is 14.6. The van der Waals surface area contributed by atoms with Crippen LogP contribution in [0.2, 0.25) is 0 Å². The maximum atomic E-state index is 13.8. The first-order chi connectivity index (χ1) is 14.8. The Bertz CT molecular complexity index is 1160. The predicted molar refractivity (Wildman–Crippen MR) is 113 cm³/mol. The first-order valence-corrected chi connectivity index (χ1v) is 9.81. The number of alkyl halides is 3. The van der Waals surface area contributed by atoms with E-state index in [1.165, 1.54) is 6.20 Å². The van der Waals surface area contributed by atoms with E-state index in [0.29, 0.717) is 11.4 Å². The summed E-state index contributed by atoms with van der Waals surface area (Å²) in [6.07, 6.45) is -3.17. The molecule has 0 saturated carbocycles. The van der Waals surface area contributed by atoms with Crippen LogP contribution in [0.3, 0.4) is 0 Å². The number of halogens is 3. The third-order valence-corrected chi connectivity index (χ3v) is 4.98. The first kappa shape index (κ1) is 20.7. The molecule has 0 N–H and O–H groups in total. The highest BCUT2D eigenvalue weighted by Crippen LogP contribution is 2.31. The molecular formula is C21H20F3N7. The average Bonchev–Trinajstić information content (AvgIpc) is 3.31. The van der Waals surface area contributed by atoms with Crippen LogP contribution in [0.4, 0.5) is 24.5 Å². The summed E-state index contributed by atoms with van der Waals surface area (Å²) in [6, 6.07) is 10.5. The number of aromatic nitrogens is 4. The zero-order chi connectivity index (χ0) is 22.2. The Labute approximate surface area is 177 Å². The Morgan fingerprint density at radius 3 is 2.39 bits per heavy atom. The highest BCUT2D eigenvalue weighted by Gasteiger charge is 2.46. The second-order valence-corrected chi connectivity index (χ2v) is 6.92. The number of fused-ring (bicyclic) bond motifs is 1. The minimum Gasteiger partial charge on any atom is -0.372 e. The van der Waals surface area contributed by atoms with Gasteiger partial charge in [0.2, 0.25) is 11.6 Å². The number of benzene rings is 1. The highest BCUT2D eigenvalue weighted by atomic mass is 19.4. The molecule has 0 radical (unpaired) electrons. The molecule has 4 rings (SSSR count). The van der Waals surface area contributed by atoms with Crippen molar-refractivity contribution in [2.75, 3.05) is 18.0 Å².